The zero-order valence-corrected chi connectivity index (χ0v) is 12.8. The highest BCUT2D eigenvalue weighted by Crippen LogP contribution is 1.89. The van der Waals surface area contributed by atoms with Crippen LogP contribution in [0.1, 0.15) is 53.9 Å². The van der Waals surface area contributed by atoms with Crippen molar-refractivity contribution >= 4 is 11.6 Å². The van der Waals surface area contributed by atoms with Gasteiger partial charge in [0.2, 0.25) is 0 Å². The number of allylic oxidation sites excluding steroid dienone is 2. The van der Waals surface area contributed by atoms with E-state index in [0.29, 0.717) is 18.6 Å². The van der Waals surface area contributed by atoms with Crippen LogP contribution < -0.4 is 0 Å². The highest BCUT2D eigenvalue weighted by atomic mass is 16.5. The average molecular weight is 256 g/mol. The lowest BCUT2D eigenvalue weighted by Crippen LogP contribution is -1.95. The first-order chi connectivity index (χ1) is 8.26. The molecule has 0 aromatic rings. The van der Waals surface area contributed by atoms with Crippen LogP contribution in [0.25, 0.3) is 0 Å². The molecule has 0 aliphatic heterocycles. The first-order valence-corrected chi connectivity index (χ1v) is 6.16. The van der Waals surface area contributed by atoms with Crippen LogP contribution in [0.3, 0.4) is 0 Å². The highest BCUT2D eigenvalue weighted by molar-refractivity contribution is 5.90. The van der Waals surface area contributed by atoms with Gasteiger partial charge in [-0.05, 0) is 13.3 Å². The number of hydrogen-bond donors (Lipinski definition) is 0. The van der Waals surface area contributed by atoms with E-state index in [-0.39, 0.29) is 11.5 Å². The van der Waals surface area contributed by atoms with Crippen LogP contribution in [0.5, 0.6) is 0 Å². The number of rotatable bonds is 5. The quantitative estimate of drug-likeness (QED) is 0.423. The molecule has 0 radical (unpaired) electrons. The standard InChI is InChI=1S/C5H8O2.C5H10O.C5H10/c1-4(6)5(2)7-3;1-3-5(6)4-2;1-4-5(2)3/h2H2,1,3H3;3-4H2,1-2H3;2,4H2,1,3H3. The van der Waals surface area contributed by atoms with Gasteiger partial charge in [0.15, 0.2) is 11.5 Å². The van der Waals surface area contributed by atoms with Gasteiger partial charge in [0.05, 0.1) is 7.11 Å². The van der Waals surface area contributed by atoms with E-state index in [1.807, 2.05) is 20.8 Å². The zero-order valence-electron chi connectivity index (χ0n) is 12.8. The molecule has 0 saturated carbocycles. The van der Waals surface area contributed by atoms with Crippen LogP contribution in [-0.4, -0.2) is 18.7 Å². The van der Waals surface area contributed by atoms with Crippen molar-refractivity contribution in [1.82, 2.24) is 0 Å². The van der Waals surface area contributed by atoms with E-state index in [2.05, 4.69) is 24.8 Å². The van der Waals surface area contributed by atoms with Gasteiger partial charge in [-0.1, -0.05) is 32.9 Å². The smallest absolute Gasteiger partial charge is 0.193 e. The summed E-state index contributed by atoms with van der Waals surface area (Å²) in [6.07, 6.45) is 2.49. The normalized spacial score (nSPS) is 7.89. The molecule has 0 amide bonds. The van der Waals surface area contributed by atoms with Crippen LogP contribution in [0, 0.1) is 0 Å². The van der Waals surface area contributed by atoms with E-state index in [9.17, 15) is 9.59 Å². The number of ether oxygens (including phenoxy) is 1. The molecule has 0 aromatic heterocycles. The predicted octanol–water partition coefficient (Wildman–Crippen LogP) is 4.08. The molecule has 0 saturated heterocycles. The molecule has 0 spiro atoms. The Bertz CT molecular complexity index is 259. The van der Waals surface area contributed by atoms with Crippen molar-refractivity contribution in [2.24, 2.45) is 0 Å². The summed E-state index contributed by atoms with van der Waals surface area (Å²) in [5, 5.41) is 0. The van der Waals surface area contributed by atoms with Crippen molar-refractivity contribution in [1.29, 1.82) is 0 Å². The second-order valence-electron chi connectivity index (χ2n) is 3.74. The summed E-state index contributed by atoms with van der Waals surface area (Å²) in [7, 11) is 1.42. The third-order valence-electron chi connectivity index (χ3n) is 2.03. The third-order valence-corrected chi connectivity index (χ3v) is 2.03. The van der Waals surface area contributed by atoms with E-state index >= 15 is 0 Å². The maximum Gasteiger partial charge on any atom is 0.193 e. The fourth-order valence-electron chi connectivity index (χ4n) is 0.394. The van der Waals surface area contributed by atoms with Gasteiger partial charge < -0.3 is 4.74 Å². The van der Waals surface area contributed by atoms with Gasteiger partial charge in [-0.3, -0.25) is 9.59 Å². The molecule has 0 atom stereocenters. The Morgan fingerprint density at radius 3 is 1.28 bits per heavy atom. The Kier molecular flexibility index (Phi) is 19.0. The monoisotopic (exact) mass is 256 g/mol. The number of methoxy groups -OCH3 is 1. The van der Waals surface area contributed by atoms with Crippen molar-refractivity contribution in [3.63, 3.8) is 0 Å². The Morgan fingerprint density at radius 2 is 1.28 bits per heavy atom. The molecule has 0 unspecified atom stereocenters. The van der Waals surface area contributed by atoms with Gasteiger partial charge in [0.1, 0.15) is 5.78 Å². The lowest BCUT2D eigenvalue weighted by atomic mass is 10.3. The Hall–Kier alpha value is -1.38. The number of carbonyl (C=O) groups excluding carboxylic acids is 2. The van der Waals surface area contributed by atoms with E-state index in [1.54, 1.807) is 0 Å². The highest BCUT2D eigenvalue weighted by Gasteiger charge is 1.94. The lowest BCUT2D eigenvalue weighted by molar-refractivity contribution is -0.118. The molecule has 0 rings (SSSR count). The van der Waals surface area contributed by atoms with Gasteiger partial charge >= 0.3 is 0 Å². The molecular weight excluding hydrogens is 228 g/mol. The van der Waals surface area contributed by atoms with Crippen molar-refractivity contribution in [2.75, 3.05) is 7.11 Å². The molecule has 106 valence electrons. The fourth-order valence-corrected chi connectivity index (χ4v) is 0.394. The van der Waals surface area contributed by atoms with E-state index in [4.69, 9.17) is 0 Å². The molecule has 0 fully saturated rings. The predicted molar refractivity (Wildman–Crippen MR) is 77.5 cm³/mol. The van der Waals surface area contributed by atoms with E-state index in [1.165, 1.54) is 19.6 Å². The van der Waals surface area contributed by atoms with Crippen LogP contribution in [0.4, 0.5) is 0 Å². The largest absolute Gasteiger partial charge is 0.494 e. The summed E-state index contributed by atoms with van der Waals surface area (Å²) < 4.78 is 4.47. The molecule has 0 bridgehead atoms. The number of Topliss-reactive ketones (excluding diaryl/α,β-unsaturated/α-hetero) is 2. The Labute approximate surface area is 112 Å². The molecule has 0 aromatic carbocycles. The molecule has 0 heterocycles. The summed E-state index contributed by atoms with van der Waals surface area (Å²) in [4.78, 5) is 20.3. The van der Waals surface area contributed by atoms with E-state index in [0.717, 1.165) is 6.42 Å². The van der Waals surface area contributed by atoms with Crippen molar-refractivity contribution in [3.8, 4) is 0 Å². The summed E-state index contributed by atoms with van der Waals surface area (Å²) in [6.45, 7) is 16.3. The van der Waals surface area contributed by atoms with Crippen molar-refractivity contribution in [3.05, 3.63) is 24.5 Å². The zero-order chi connectivity index (χ0) is 15.1. The van der Waals surface area contributed by atoms with Crippen LogP contribution in [0.2, 0.25) is 0 Å². The van der Waals surface area contributed by atoms with Gasteiger partial charge in [0, 0.05) is 19.8 Å². The molecule has 0 aliphatic carbocycles. The van der Waals surface area contributed by atoms with Crippen LogP contribution in [0.15, 0.2) is 24.5 Å². The molecule has 0 N–H and O–H groups in total. The fraction of sp³-hybridized carbons (Fsp3) is 0.600. The van der Waals surface area contributed by atoms with Crippen molar-refractivity contribution < 1.29 is 14.3 Å². The number of ketones is 2. The van der Waals surface area contributed by atoms with Crippen LogP contribution in [-0.2, 0) is 14.3 Å². The van der Waals surface area contributed by atoms with E-state index < -0.39 is 0 Å². The molecule has 3 nitrogen and oxygen atoms in total. The maximum atomic E-state index is 10.2. The first-order valence-electron chi connectivity index (χ1n) is 6.16. The molecule has 0 aliphatic rings. The molecule has 18 heavy (non-hydrogen) atoms. The Morgan fingerprint density at radius 1 is 0.944 bits per heavy atom. The average Bonchev–Trinajstić information content (AvgIpc) is 2.37. The summed E-state index contributed by atoms with van der Waals surface area (Å²) in [6, 6.07) is 0. The summed E-state index contributed by atoms with van der Waals surface area (Å²) in [5.41, 5.74) is 1.25. The summed E-state index contributed by atoms with van der Waals surface area (Å²) >= 11 is 0. The minimum absolute atomic E-state index is 0.123. The van der Waals surface area contributed by atoms with Gasteiger partial charge in [-0.25, -0.2) is 0 Å². The van der Waals surface area contributed by atoms with Gasteiger partial charge in [0.25, 0.3) is 0 Å². The van der Waals surface area contributed by atoms with Gasteiger partial charge in [-0.15, -0.1) is 6.58 Å². The summed E-state index contributed by atoms with van der Waals surface area (Å²) in [5.74, 6) is 0.428. The Balaban J connectivity index is -0.000000190. The second-order valence-corrected chi connectivity index (χ2v) is 3.74. The lowest BCUT2D eigenvalue weighted by Gasteiger charge is -1.93. The minimum Gasteiger partial charge on any atom is -0.494 e. The number of carbonyl (C=O) groups is 2. The molecular formula is C15H28O3. The topological polar surface area (TPSA) is 43.4 Å². The SMILES string of the molecule is C=C(C)CC.C=C(OC)C(C)=O.CCC(=O)CC. The molecule has 3 heteroatoms. The van der Waals surface area contributed by atoms with Crippen LogP contribution >= 0.6 is 0 Å². The van der Waals surface area contributed by atoms with Gasteiger partial charge in [-0.2, -0.15) is 0 Å². The maximum absolute atomic E-state index is 10.2. The first kappa shape index (κ1) is 21.9. The number of hydrogen-bond acceptors (Lipinski definition) is 3. The third kappa shape index (κ3) is 24.0. The second kappa shape index (κ2) is 15.6. The minimum atomic E-state index is -0.123. The van der Waals surface area contributed by atoms with Crippen molar-refractivity contribution in [2.45, 2.75) is 53.9 Å².